The Bertz CT molecular complexity index is 10700. The number of anilines is 4. The summed E-state index contributed by atoms with van der Waals surface area (Å²) in [6, 6.07) is 16.1. The molecule has 0 atom stereocenters. The third-order valence-electron chi connectivity index (χ3n) is 25.0. The van der Waals surface area contributed by atoms with Gasteiger partial charge in [0.05, 0.1) is 76.0 Å². The van der Waals surface area contributed by atoms with Crippen molar-refractivity contribution in [2.75, 3.05) is 10.6 Å². The molecule has 19 aromatic rings. The van der Waals surface area contributed by atoms with Crippen molar-refractivity contribution in [3.8, 4) is 148 Å². The molecular formula is C130H112B4N4O8. The van der Waals surface area contributed by atoms with Crippen LogP contribution < -0.4 is 114 Å². The molecule has 12 nitrogen and oxygen atoms in total. The summed E-state index contributed by atoms with van der Waals surface area (Å²) in [4.78, 5) is 10.9. The SMILES string of the molecule is [2H]C([2H])[2H].[2H]C([2H])[2H].[2H]c1c([2H])c(-c2ccccn2)c([2H])c2c1Oc1cc(N(c3ccccc3)c3ccccc3)cc3c1B2c1c([2H])c(-c2ccccn2)c([2H])c([2H])c1O3.[2H]c1c([2H])c(C(C)(C)C)c([2H])c2c1Oc1c([2H])c(N)c([2H])c3c1B2c1c([2H])c(C(C)(C)C)c([2H])c([2H])c1O3.[2H]c1c([2H])c(C(C)(C)C)c([2H])c2c1Oc1cccc3c1B2c1c([2H])c([2H])c(C(C)(C)C)c([2H])c1O3.[2H]c1c([2H])c([2H])c(-c2c([2H])c(-c3c([2H])c([2H])c([2H])c([2H])c3[2H])c([2H])c(-c3c([2H])c4c5c(c3[2H])Oc3c([2H])c([2H])c([2H])c([2H])c3B5c3c([2H])c([2H])c([2H])c([2H])c3O4)c2[2H])c([2H])c1[2H]. The van der Waals surface area contributed by atoms with Crippen LogP contribution >= 0.6 is 0 Å². The molecule has 10 heterocycles. The average molecular weight is 1950 g/mol. The van der Waals surface area contributed by atoms with Gasteiger partial charge < -0.3 is 48.5 Å². The molecule has 17 aromatic carbocycles. The largest absolute Gasteiger partial charge is 0.458 e. The Kier molecular flexibility index (Phi) is 13.7. The van der Waals surface area contributed by atoms with Crippen molar-refractivity contribution in [3.63, 3.8) is 0 Å². The molecule has 146 heavy (non-hydrogen) atoms. The van der Waals surface area contributed by atoms with Crippen LogP contribution in [0.1, 0.15) is 187 Å². The van der Waals surface area contributed by atoms with Crippen molar-refractivity contribution in [2.45, 2.75) is 119 Å². The predicted molar refractivity (Wildman–Crippen MR) is 607 cm³/mol. The lowest BCUT2D eigenvalue weighted by atomic mass is 9.34. The summed E-state index contributed by atoms with van der Waals surface area (Å²) in [7, 11) is -2.83. The number of nitrogens with two attached hydrogens (primary N) is 1. The first-order valence-corrected chi connectivity index (χ1v) is 46.2. The van der Waals surface area contributed by atoms with Gasteiger partial charge in [-0.15, -0.1) is 0 Å². The van der Waals surface area contributed by atoms with Crippen molar-refractivity contribution in [1.29, 1.82) is 0 Å². The third kappa shape index (κ3) is 17.4. The van der Waals surface area contributed by atoms with Gasteiger partial charge in [-0.05, 0) is 283 Å². The van der Waals surface area contributed by atoms with Crippen molar-refractivity contribution >= 4 is 115 Å². The summed E-state index contributed by atoms with van der Waals surface area (Å²) >= 11 is 0. The molecule has 0 amide bonds. The second kappa shape index (κ2) is 37.2. The fourth-order valence-electron chi connectivity index (χ4n) is 18.0. The van der Waals surface area contributed by atoms with E-state index in [0.717, 1.165) is 11.4 Å². The second-order valence-corrected chi connectivity index (χ2v) is 38.9. The van der Waals surface area contributed by atoms with Gasteiger partial charge in [0.25, 0.3) is 26.9 Å². The van der Waals surface area contributed by atoms with Crippen molar-refractivity contribution in [2.24, 2.45) is 0 Å². The lowest BCUT2D eigenvalue weighted by Gasteiger charge is -2.35. The molecule has 0 fully saturated rings. The molecule has 0 saturated heterocycles. The van der Waals surface area contributed by atoms with E-state index in [1.165, 1.54) is 0 Å². The molecule has 0 saturated carbocycles. The molecule has 2 aromatic heterocycles. The van der Waals surface area contributed by atoms with E-state index in [9.17, 15) is 15.1 Å². The summed E-state index contributed by atoms with van der Waals surface area (Å²) in [5, 5.41) is 0. The number of nitrogen functional groups attached to an aromatic ring is 1. The normalized spacial score (nSPS) is 17.6. The summed E-state index contributed by atoms with van der Waals surface area (Å²) in [6.45, 7) is 18.2. The van der Waals surface area contributed by atoms with Crippen LogP contribution in [0.5, 0.6) is 92.0 Å². The van der Waals surface area contributed by atoms with Gasteiger partial charge in [-0.3, -0.25) is 9.97 Å². The van der Waals surface area contributed by atoms with E-state index in [4.69, 9.17) is 95.7 Å². The van der Waals surface area contributed by atoms with Crippen molar-refractivity contribution in [1.82, 2.24) is 9.97 Å². The molecule has 27 rings (SSSR count). The van der Waals surface area contributed by atoms with Gasteiger partial charge in [-0.1, -0.05) is 309 Å². The second-order valence-electron chi connectivity index (χ2n) is 38.9. The lowest BCUT2D eigenvalue weighted by Crippen LogP contribution is -2.57. The van der Waals surface area contributed by atoms with E-state index >= 15 is 0 Å². The smallest absolute Gasteiger partial charge is 0.260 e. The zero-order chi connectivity index (χ0) is 143. The van der Waals surface area contributed by atoms with E-state index in [2.05, 4.69) is 9.97 Å². The fraction of sp³-hybridized carbons (Fsp3) is 0.138. The number of pyridine rings is 2. The van der Waals surface area contributed by atoms with E-state index in [1.807, 2.05) is 161 Å². The van der Waals surface area contributed by atoms with Crippen LogP contribution in [0.15, 0.2) is 400 Å². The van der Waals surface area contributed by atoms with E-state index < -0.39 is 259 Å². The summed E-state index contributed by atoms with van der Waals surface area (Å²) in [5.41, 5.74) is 5.40. The topological polar surface area (TPSA) is 129 Å². The number of hydrogen-bond donors (Lipinski definition) is 1. The molecule has 712 valence electrons. The van der Waals surface area contributed by atoms with Crippen LogP contribution in [0, 0.1) is 0 Å². The molecule has 0 bridgehead atoms. The monoisotopic (exact) mass is 1950 g/mol. The molecule has 8 aliphatic heterocycles. The molecule has 2 N–H and O–H groups in total. The number of nitrogens with zero attached hydrogens (tertiary/aromatic N) is 3. The number of ether oxygens (including phenoxy) is 8. The van der Waals surface area contributed by atoms with Gasteiger partial charge in [-0.2, -0.15) is 0 Å². The maximum Gasteiger partial charge on any atom is 0.260 e. The molecule has 0 radical (unpaired) electrons. The summed E-state index contributed by atoms with van der Waals surface area (Å²) < 4.78 is 466. The van der Waals surface area contributed by atoms with E-state index in [0.29, 0.717) is 84.2 Å². The van der Waals surface area contributed by atoms with Gasteiger partial charge in [-0.25, -0.2) is 0 Å². The highest BCUT2D eigenvalue weighted by molar-refractivity contribution is 7.00. The number of aromatic nitrogens is 2. The molecule has 0 aliphatic carbocycles. The van der Waals surface area contributed by atoms with Gasteiger partial charge in [0.2, 0.25) is 0 Å². The van der Waals surface area contributed by atoms with Crippen molar-refractivity contribution in [3.05, 3.63) is 422 Å². The molecule has 8 aliphatic rings. The maximum atomic E-state index is 9.60. The zero-order valence-electron chi connectivity index (χ0n) is 129. The number of fused-ring (bicyclic) bond motifs is 16. The van der Waals surface area contributed by atoms with Crippen LogP contribution in [0.4, 0.5) is 22.7 Å². The summed E-state index contributed by atoms with van der Waals surface area (Å²) in [5.74, 6) is -0.858. The highest BCUT2D eigenvalue weighted by Crippen LogP contribution is 2.48. The standard InChI is InChI=1S/C40H26BN3O2.C36H23BO2.C26H28BNO2.C26H27BO2.2CH4/c1-3-11-29(12-4-1)44(30-13-5-2-6-14-30)31-25-38-40-39(26-31)46-37-20-18-28(35-16-8-10-22-43-35)24-33(37)41(40)32-23-27(17-19-36(32)45-38)34-15-7-9-21-42-34;1-3-11-24(12-4-1)26-19-27(25-13-5-2-6-14-25)21-28(20-26)29-22-34-36-35(23-29)39-33-18-10-8-16-31(33)37(36)30-15-7-9-17-32(30)38-34;1-25(2,3)15-7-9-20-18(11-15)27-19-12-16(26(4,5)6)8-10-21(19)30-23-14-17(28)13-22(29-20)24(23)27;1-25(2,3)16-11-13-20-19(14-16)27-18-12-10-17(26(4,5)6)15-23(18)29-22-9-7-8-21(28-20)24(22)27;;/h1-26H;1-23H;7-14H,28H2,1-6H3;7-15H,1-6H3;2*1H4/i17D,18D,19D,20D,23D,24D;1D,2D,3D,4D,5D,6D,7D,8D,9D,10D,11D,12D,13D,14D,15D,16D,17D,18D,19D,20D,21D,22D,23D;7D,8D,9D,10D,11D,12D,13D,14D;10D,11D,12D,13D,14D,15D;2*1D3. The van der Waals surface area contributed by atoms with Gasteiger partial charge in [0.15, 0.2) is 0 Å². The number of benzene rings is 17. The third-order valence-corrected chi connectivity index (χ3v) is 25.0. The minimum atomic E-state index is -1.61. The minimum Gasteiger partial charge on any atom is -0.458 e. The van der Waals surface area contributed by atoms with E-state index in [-0.39, 0.29) is 227 Å². The zero-order valence-corrected chi connectivity index (χ0v) is 80.4. The Morgan fingerprint density at radius 3 is 0.973 bits per heavy atom. The number of para-hydroxylation sites is 4. The van der Waals surface area contributed by atoms with E-state index in [1.54, 1.807) is 67.0 Å². The Hall–Kier alpha value is -16.7. The molecule has 16 heteroatoms. The molecular weight excluding hydrogens is 1790 g/mol. The van der Waals surface area contributed by atoms with Crippen LogP contribution in [-0.4, -0.2) is 36.8 Å². The lowest BCUT2D eigenvalue weighted by molar-refractivity contribution is 0.462. The van der Waals surface area contributed by atoms with Crippen molar-refractivity contribution < 1.29 is 105 Å². The summed E-state index contributed by atoms with van der Waals surface area (Å²) in [6.07, 6.45) is 3.14. The first kappa shape index (κ1) is 53.6. The van der Waals surface area contributed by atoms with Crippen LogP contribution in [-0.2, 0) is 21.7 Å². The van der Waals surface area contributed by atoms with Gasteiger partial charge in [0, 0.05) is 83.7 Å². The highest BCUT2D eigenvalue weighted by Gasteiger charge is 2.47. The maximum absolute atomic E-state index is 9.60. The number of hydrogen-bond acceptors (Lipinski definition) is 12. The number of rotatable bonds is 8. The highest BCUT2D eigenvalue weighted by atomic mass is 16.5. The first-order chi connectivity index (χ1) is 91.3. The quantitative estimate of drug-likeness (QED) is 0.115. The first-order valence-electron chi connectivity index (χ1n) is 71.2. The fourth-order valence-corrected chi connectivity index (χ4v) is 18.0. The molecule has 0 spiro atoms. The Morgan fingerprint density at radius 1 is 0.247 bits per heavy atom. The van der Waals surface area contributed by atoms with Gasteiger partial charge >= 0.3 is 0 Å². The van der Waals surface area contributed by atoms with Crippen LogP contribution in [0.3, 0.4) is 0 Å². The Morgan fingerprint density at radius 2 is 0.555 bits per heavy atom. The molecule has 0 unspecified atom stereocenters. The van der Waals surface area contributed by atoms with Gasteiger partial charge in [0.1, 0.15) is 92.0 Å². The Balaban J connectivity index is 0.000000139. The van der Waals surface area contributed by atoms with Crippen LogP contribution in [0.25, 0.3) is 55.9 Å². The minimum absolute atomic E-state index is 0.00868. The average Bonchev–Trinajstić information content (AvgIpc) is 0.694. The van der Waals surface area contributed by atoms with Crippen LogP contribution in [0.2, 0.25) is 0 Å². The Labute approximate surface area is 927 Å². The predicted octanol–water partition coefficient (Wildman–Crippen LogP) is 26.3.